The van der Waals surface area contributed by atoms with E-state index in [-0.39, 0.29) is 42.0 Å². The number of carbonyl (C=O) groups is 3. The maximum absolute atomic E-state index is 13.2. The number of esters is 1. The number of nitrogens with one attached hydrogen (secondary N) is 1. The van der Waals surface area contributed by atoms with E-state index in [1.54, 1.807) is 23.6 Å². The molecule has 1 aliphatic carbocycles. The number of carbonyl (C=O) groups excluding carboxylic acids is 3. The van der Waals surface area contributed by atoms with E-state index in [0.717, 1.165) is 43.0 Å². The predicted octanol–water partition coefficient (Wildman–Crippen LogP) is 0.641. The van der Waals surface area contributed by atoms with Gasteiger partial charge in [0.2, 0.25) is 5.91 Å². The smallest absolute Gasteiger partial charge is 0.345 e. The fourth-order valence-electron chi connectivity index (χ4n) is 5.25. The van der Waals surface area contributed by atoms with E-state index in [4.69, 9.17) is 4.74 Å². The Hall–Kier alpha value is -1.74. The Balaban J connectivity index is 1.57. The largest absolute Gasteiger partial charge is 0.462 e. The van der Waals surface area contributed by atoms with E-state index in [2.05, 4.69) is 10.2 Å². The fourth-order valence-corrected chi connectivity index (χ4v) is 6.18. The van der Waals surface area contributed by atoms with Gasteiger partial charge in [-0.2, -0.15) is 0 Å². The molecule has 2 amide bonds. The second-order valence-corrected chi connectivity index (χ2v) is 9.47. The number of thioether (sulfide) groups is 1. The molecule has 0 radical (unpaired) electrons. The van der Waals surface area contributed by atoms with Crippen molar-refractivity contribution in [1.29, 1.82) is 0 Å². The van der Waals surface area contributed by atoms with Gasteiger partial charge in [-0.15, -0.1) is 11.8 Å². The van der Waals surface area contributed by atoms with E-state index in [1.807, 2.05) is 11.9 Å². The van der Waals surface area contributed by atoms with E-state index in [0.29, 0.717) is 26.2 Å². The molecule has 166 valence electrons. The molecule has 3 unspecified atom stereocenters. The van der Waals surface area contributed by atoms with Crippen LogP contribution in [0.2, 0.25) is 0 Å². The lowest BCUT2D eigenvalue weighted by molar-refractivity contribution is -0.145. The minimum atomic E-state index is -0.515. The number of rotatable bonds is 4. The number of amides is 2. The Morgan fingerprint density at radius 1 is 1.17 bits per heavy atom. The van der Waals surface area contributed by atoms with E-state index in [1.165, 1.54) is 0 Å². The molecule has 2 saturated heterocycles. The number of piperazine rings is 1. The number of fused-ring (bicyclic) bond motifs is 1. The Labute approximate surface area is 182 Å². The van der Waals surface area contributed by atoms with Crippen molar-refractivity contribution in [2.24, 2.45) is 5.92 Å². The zero-order valence-corrected chi connectivity index (χ0v) is 18.7. The molecular weight excluding hydrogens is 404 g/mol. The van der Waals surface area contributed by atoms with Crippen LogP contribution in [0.15, 0.2) is 11.3 Å². The lowest BCUT2D eigenvalue weighted by atomic mass is 9.76. The summed E-state index contributed by atoms with van der Waals surface area (Å²) in [6.07, 6.45) is 4.15. The van der Waals surface area contributed by atoms with Gasteiger partial charge in [-0.3, -0.25) is 14.9 Å². The average molecular weight is 437 g/mol. The highest BCUT2D eigenvalue weighted by Gasteiger charge is 2.46. The van der Waals surface area contributed by atoms with Gasteiger partial charge >= 0.3 is 5.97 Å². The molecule has 1 N–H and O–H groups in total. The molecule has 1 saturated carbocycles. The summed E-state index contributed by atoms with van der Waals surface area (Å²) in [5, 5.41) is 3.25. The molecule has 8 nitrogen and oxygen atoms in total. The van der Waals surface area contributed by atoms with Crippen molar-refractivity contribution >= 4 is 29.5 Å². The van der Waals surface area contributed by atoms with Gasteiger partial charge < -0.3 is 19.4 Å². The van der Waals surface area contributed by atoms with Crippen LogP contribution in [0.1, 0.15) is 32.6 Å². The topological polar surface area (TPSA) is 82.2 Å². The quantitative estimate of drug-likeness (QED) is 0.512. The van der Waals surface area contributed by atoms with Crippen LogP contribution in [0.3, 0.4) is 0 Å². The van der Waals surface area contributed by atoms with Crippen molar-refractivity contribution < 1.29 is 19.1 Å². The van der Waals surface area contributed by atoms with Crippen molar-refractivity contribution in [3.8, 4) is 0 Å². The second kappa shape index (κ2) is 9.18. The number of hydrogen-bond acceptors (Lipinski definition) is 7. The first-order chi connectivity index (χ1) is 14.5. The molecule has 30 heavy (non-hydrogen) atoms. The third kappa shape index (κ3) is 3.93. The Bertz CT molecular complexity index is 729. The maximum atomic E-state index is 13.2. The molecule has 3 aliphatic heterocycles. The van der Waals surface area contributed by atoms with Crippen LogP contribution in [0, 0.1) is 5.92 Å². The molecule has 4 rings (SSSR count). The van der Waals surface area contributed by atoms with Crippen molar-refractivity contribution in [1.82, 2.24) is 20.0 Å². The summed E-state index contributed by atoms with van der Waals surface area (Å²) in [6, 6.07) is 0.0438. The van der Waals surface area contributed by atoms with E-state index >= 15 is 0 Å². The zero-order valence-electron chi connectivity index (χ0n) is 17.9. The van der Waals surface area contributed by atoms with Crippen LogP contribution in [0.5, 0.6) is 0 Å². The molecule has 0 spiro atoms. The Kier molecular flexibility index (Phi) is 6.57. The first-order valence-electron chi connectivity index (χ1n) is 11.1. The molecule has 0 aromatic heterocycles. The summed E-state index contributed by atoms with van der Waals surface area (Å²) in [5.41, 5.74) is 1.07. The number of likely N-dealkylation sites (N-methyl/N-ethyl adjacent to an activating group) is 1. The third-order valence-electron chi connectivity index (χ3n) is 6.79. The fraction of sp³-hybridized carbons (Fsp3) is 0.762. The van der Waals surface area contributed by atoms with Crippen LogP contribution in [0.25, 0.3) is 0 Å². The molecular formula is C21H32N4O4S. The number of nitrogens with zero attached hydrogens (tertiary/aromatic N) is 3. The van der Waals surface area contributed by atoms with Crippen LogP contribution >= 0.6 is 11.8 Å². The van der Waals surface area contributed by atoms with Gasteiger partial charge in [0.05, 0.1) is 12.6 Å². The van der Waals surface area contributed by atoms with Crippen molar-refractivity contribution in [3.63, 3.8) is 0 Å². The van der Waals surface area contributed by atoms with Crippen molar-refractivity contribution in [2.45, 2.75) is 44.7 Å². The van der Waals surface area contributed by atoms with Gasteiger partial charge in [0.25, 0.3) is 5.91 Å². The lowest BCUT2D eigenvalue weighted by Gasteiger charge is -2.48. The van der Waals surface area contributed by atoms with Crippen LogP contribution in [-0.4, -0.2) is 96.0 Å². The first kappa shape index (κ1) is 21.5. The highest BCUT2D eigenvalue weighted by molar-refractivity contribution is 7.99. The number of ether oxygens (including phenoxy) is 1. The van der Waals surface area contributed by atoms with Crippen molar-refractivity contribution in [2.75, 3.05) is 51.5 Å². The molecule has 3 heterocycles. The van der Waals surface area contributed by atoms with Gasteiger partial charge in [-0.1, -0.05) is 12.8 Å². The second-order valence-electron chi connectivity index (χ2n) is 8.44. The summed E-state index contributed by atoms with van der Waals surface area (Å²) < 4.78 is 5.28. The summed E-state index contributed by atoms with van der Waals surface area (Å²) in [6.45, 7) is 4.52. The SMILES string of the molecule is CCOC(=O)C1=C(N2CCN(C(=O)C3CSCN3)CC2)C2CCCCC2N(C)C1=O. The number of hydrogen-bond donors (Lipinski definition) is 1. The molecule has 4 aliphatic rings. The first-order valence-corrected chi connectivity index (χ1v) is 12.2. The molecule has 9 heteroatoms. The minimum Gasteiger partial charge on any atom is -0.462 e. The van der Waals surface area contributed by atoms with Gasteiger partial charge in [0.15, 0.2) is 0 Å². The summed E-state index contributed by atoms with van der Waals surface area (Å²) in [7, 11) is 1.81. The van der Waals surface area contributed by atoms with Gasteiger partial charge in [-0.25, -0.2) is 4.79 Å². The molecule has 3 atom stereocenters. The van der Waals surface area contributed by atoms with Crippen LogP contribution in [-0.2, 0) is 19.1 Å². The monoisotopic (exact) mass is 436 g/mol. The van der Waals surface area contributed by atoms with Gasteiger partial charge in [0, 0.05) is 62.5 Å². The van der Waals surface area contributed by atoms with Gasteiger partial charge in [-0.05, 0) is 19.8 Å². The highest BCUT2D eigenvalue weighted by atomic mass is 32.2. The van der Waals surface area contributed by atoms with Gasteiger partial charge in [0.1, 0.15) is 5.57 Å². The van der Waals surface area contributed by atoms with E-state index < -0.39 is 5.97 Å². The summed E-state index contributed by atoms with van der Waals surface area (Å²) in [5.74, 6) is 1.23. The van der Waals surface area contributed by atoms with Crippen LogP contribution < -0.4 is 5.32 Å². The van der Waals surface area contributed by atoms with Crippen LogP contribution in [0.4, 0.5) is 0 Å². The molecule has 0 aromatic rings. The maximum Gasteiger partial charge on any atom is 0.345 e. The molecule has 3 fully saturated rings. The summed E-state index contributed by atoms with van der Waals surface area (Å²) >= 11 is 1.75. The average Bonchev–Trinajstić information content (AvgIpc) is 3.31. The van der Waals surface area contributed by atoms with Crippen molar-refractivity contribution in [3.05, 3.63) is 11.3 Å². The zero-order chi connectivity index (χ0) is 21.3. The normalized spacial score (nSPS) is 29.9. The summed E-state index contributed by atoms with van der Waals surface area (Å²) in [4.78, 5) is 44.6. The molecule has 0 aromatic carbocycles. The highest BCUT2D eigenvalue weighted by Crippen LogP contribution is 2.40. The standard InChI is InChI=1S/C21H32N4O4S/c1-3-29-21(28)17-18(14-6-4-5-7-16(14)23(2)20(17)27)24-8-10-25(11-9-24)19(26)15-12-30-13-22-15/h14-16,22H,3-13H2,1-2H3. The van der Waals surface area contributed by atoms with E-state index in [9.17, 15) is 14.4 Å². The lowest BCUT2D eigenvalue weighted by Crippen LogP contribution is -2.57. The third-order valence-corrected chi connectivity index (χ3v) is 7.73. The Morgan fingerprint density at radius 2 is 1.90 bits per heavy atom. The minimum absolute atomic E-state index is 0.0940. The predicted molar refractivity (Wildman–Crippen MR) is 115 cm³/mol. The molecule has 0 bridgehead atoms. The Morgan fingerprint density at radius 3 is 2.57 bits per heavy atom.